The van der Waals surface area contributed by atoms with E-state index in [4.69, 9.17) is 23.2 Å². The lowest BCUT2D eigenvalue weighted by atomic mass is 10.1. The highest BCUT2D eigenvalue weighted by molar-refractivity contribution is 6.42. The van der Waals surface area contributed by atoms with Crippen LogP contribution in [0.15, 0.2) is 42.5 Å². The van der Waals surface area contributed by atoms with Crippen molar-refractivity contribution in [1.82, 2.24) is 10.6 Å². The van der Waals surface area contributed by atoms with Crippen molar-refractivity contribution in [1.29, 1.82) is 0 Å². The third kappa shape index (κ3) is 7.12. The van der Waals surface area contributed by atoms with Gasteiger partial charge in [0.05, 0.1) is 10.0 Å². The molecule has 3 N–H and O–H groups in total. The van der Waals surface area contributed by atoms with Gasteiger partial charge in [0.1, 0.15) is 0 Å². The third-order valence-electron chi connectivity index (χ3n) is 3.71. The summed E-state index contributed by atoms with van der Waals surface area (Å²) < 4.78 is 0. The van der Waals surface area contributed by atoms with Crippen LogP contribution in [0.1, 0.15) is 36.2 Å². The number of hydrogen-bond acceptors (Lipinski definition) is 2. The summed E-state index contributed by atoms with van der Waals surface area (Å²) in [6.07, 6.45) is 1.56. The highest BCUT2D eigenvalue weighted by atomic mass is 35.5. The van der Waals surface area contributed by atoms with E-state index in [1.165, 1.54) is 0 Å². The van der Waals surface area contributed by atoms with Crippen molar-refractivity contribution in [2.75, 3.05) is 11.9 Å². The van der Waals surface area contributed by atoms with E-state index >= 15 is 0 Å². The summed E-state index contributed by atoms with van der Waals surface area (Å²) in [6.45, 7) is 4.29. The Morgan fingerprint density at radius 1 is 1.04 bits per heavy atom. The van der Waals surface area contributed by atoms with Gasteiger partial charge in [0.15, 0.2) is 0 Å². The largest absolute Gasteiger partial charge is 0.352 e. The van der Waals surface area contributed by atoms with Crippen LogP contribution in [0.3, 0.4) is 0 Å². The molecule has 0 spiro atoms. The molecule has 2 rings (SSSR count). The minimum absolute atomic E-state index is 0.0343. The molecule has 0 radical (unpaired) electrons. The van der Waals surface area contributed by atoms with Gasteiger partial charge in [-0.15, -0.1) is 0 Å². The fourth-order valence-corrected chi connectivity index (χ4v) is 2.78. The van der Waals surface area contributed by atoms with Crippen molar-refractivity contribution in [2.24, 2.45) is 0 Å². The van der Waals surface area contributed by atoms with Crippen LogP contribution < -0.4 is 16.0 Å². The molecule has 2 aromatic carbocycles. The zero-order valence-corrected chi connectivity index (χ0v) is 16.8. The van der Waals surface area contributed by atoms with E-state index in [0.29, 0.717) is 27.8 Å². The molecule has 0 aliphatic rings. The van der Waals surface area contributed by atoms with Crippen LogP contribution in [0.5, 0.6) is 0 Å². The van der Waals surface area contributed by atoms with E-state index in [-0.39, 0.29) is 18.0 Å². The van der Waals surface area contributed by atoms with Crippen LogP contribution in [-0.4, -0.2) is 24.5 Å². The number of halogens is 2. The molecule has 0 atom stereocenters. The Balaban J connectivity index is 1.82. The molecule has 27 heavy (non-hydrogen) atoms. The molecule has 0 aliphatic heterocycles. The van der Waals surface area contributed by atoms with E-state index in [1.807, 2.05) is 26.0 Å². The molecule has 0 fully saturated rings. The fourth-order valence-electron chi connectivity index (χ4n) is 2.46. The molecule has 0 unspecified atom stereocenters. The lowest BCUT2D eigenvalue weighted by Gasteiger charge is -2.11. The summed E-state index contributed by atoms with van der Waals surface area (Å²) in [4.78, 5) is 24.0. The molecule has 144 valence electrons. The zero-order valence-electron chi connectivity index (χ0n) is 15.3. The van der Waals surface area contributed by atoms with E-state index in [2.05, 4.69) is 16.0 Å². The maximum absolute atomic E-state index is 12.3. The van der Waals surface area contributed by atoms with Crippen LogP contribution in [0.25, 0.3) is 0 Å². The molecule has 0 aliphatic carbocycles. The Hall–Kier alpha value is -2.24. The average molecular weight is 408 g/mol. The number of amides is 3. The number of benzene rings is 2. The number of carbonyl (C=O) groups excluding carboxylic acids is 2. The van der Waals surface area contributed by atoms with Crippen molar-refractivity contribution < 1.29 is 9.59 Å². The first-order chi connectivity index (χ1) is 12.8. The van der Waals surface area contributed by atoms with Crippen molar-refractivity contribution in [3.05, 3.63) is 63.6 Å². The number of rotatable bonds is 7. The highest BCUT2D eigenvalue weighted by Crippen LogP contribution is 2.23. The molecular weight excluding hydrogens is 385 g/mol. The average Bonchev–Trinajstić information content (AvgIpc) is 2.61. The third-order valence-corrected chi connectivity index (χ3v) is 4.45. The number of hydrogen-bond donors (Lipinski definition) is 3. The number of carbonyl (C=O) groups is 2. The Labute approximate surface area is 169 Å². The van der Waals surface area contributed by atoms with Crippen LogP contribution in [0.2, 0.25) is 10.0 Å². The molecule has 0 saturated heterocycles. The number of nitrogens with one attached hydrogen (secondary N) is 3. The van der Waals surface area contributed by atoms with E-state index in [1.54, 1.807) is 30.3 Å². The lowest BCUT2D eigenvalue weighted by molar-refractivity contribution is 0.0953. The van der Waals surface area contributed by atoms with Crippen molar-refractivity contribution in [3.8, 4) is 0 Å². The van der Waals surface area contributed by atoms with Crippen molar-refractivity contribution in [2.45, 2.75) is 32.7 Å². The molecular formula is C20H23Cl2N3O2. The first-order valence-corrected chi connectivity index (χ1v) is 9.50. The second kappa shape index (κ2) is 10.2. The minimum Gasteiger partial charge on any atom is -0.352 e. The van der Waals surface area contributed by atoms with E-state index in [0.717, 1.165) is 18.4 Å². The minimum atomic E-state index is -0.302. The van der Waals surface area contributed by atoms with Gasteiger partial charge in [-0.2, -0.15) is 0 Å². The summed E-state index contributed by atoms with van der Waals surface area (Å²) in [5.74, 6) is -0.183. The Morgan fingerprint density at radius 3 is 2.52 bits per heavy atom. The van der Waals surface area contributed by atoms with Gasteiger partial charge in [-0.3, -0.25) is 4.79 Å². The summed E-state index contributed by atoms with van der Waals surface area (Å²) in [7, 11) is 0. The van der Waals surface area contributed by atoms with Gasteiger partial charge >= 0.3 is 6.03 Å². The molecule has 5 nitrogen and oxygen atoms in total. The van der Waals surface area contributed by atoms with Gasteiger partial charge in [0, 0.05) is 23.8 Å². The van der Waals surface area contributed by atoms with Crippen LogP contribution in [0, 0.1) is 0 Å². The van der Waals surface area contributed by atoms with Crippen molar-refractivity contribution in [3.63, 3.8) is 0 Å². The molecule has 0 heterocycles. The quantitative estimate of drug-likeness (QED) is 0.571. The predicted molar refractivity (Wildman–Crippen MR) is 111 cm³/mol. The second-order valence-electron chi connectivity index (χ2n) is 6.44. The first kappa shape index (κ1) is 21.1. The lowest BCUT2D eigenvalue weighted by Crippen LogP contribution is -2.34. The zero-order chi connectivity index (χ0) is 19.8. The SMILES string of the molecule is CC(C)NC(=O)Nc1cccc(C(=O)NCCCc2ccc(Cl)c(Cl)c2)c1. The molecule has 0 bridgehead atoms. The molecule has 2 aromatic rings. The first-order valence-electron chi connectivity index (χ1n) is 8.75. The van der Waals surface area contributed by atoms with E-state index in [9.17, 15) is 9.59 Å². The maximum Gasteiger partial charge on any atom is 0.319 e. The smallest absolute Gasteiger partial charge is 0.319 e. The van der Waals surface area contributed by atoms with Crippen LogP contribution in [-0.2, 0) is 6.42 Å². The normalized spacial score (nSPS) is 10.6. The highest BCUT2D eigenvalue weighted by Gasteiger charge is 2.08. The van der Waals surface area contributed by atoms with Gasteiger partial charge in [0.25, 0.3) is 5.91 Å². The maximum atomic E-state index is 12.3. The van der Waals surface area contributed by atoms with Gasteiger partial charge in [-0.25, -0.2) is 4.79 Å². The van der Waals surface area contributed by atoms with Gasteiger partial charge in [-0.1, -0.05) is 35.3 Å². The van der Waals surface area contributed by atoms with Crippen LogP contribution >= 0.6 is 23.2 Å². The Bertz CT molecular complexity index is 810. The number of aryl methyl sites for hydroxylation is 1. The van der Waals surface area contributed by atoms with Gasteiger partial charge in [-0.05, 0) is 62.6 Å². The summed E-state index contributed by atoms with van der Waals surface area (Å²) in [5, 5.41) is 9.40. The topological polar surface area (TPSA) is 70.2 Å². The van der Waals surface area contributed by atoms with Gasteiger partial charge < -0.3 is 16.0 Å². The van der Waals surface area contributed by atoms with E-state index < -0.39 is 0 Å². The standard InChI is InChI=1S/C20H23Cl2N3O2/c1-13(2)24-20(27)25-16-7-3-6-15(12-16)19(26)23-10-4-5-14-8-9-17(21)18(22)11-14/h3,6-9,11-13H,4-5,10H2,1-2H3,(H,23,26)(H2,24,25,27). The molecule has 0 saturated carbocycles. The molecule has 0 aromatic heterocycles. The van der Waals surface area contributed by atoms with Crippen molar-refractivity contribution >= 4 is 40.8 Å². The van der Waals surface area contributed by atoms with Gasteiger partial charge in [0.2, 0.25) is 0 Å². The summed E-state index contributed by atoms with van der Waals surface area (Å²) in [6, 6.07) is 12.1. The summed E-state index contributed by atoms with van der Waals surface area (Å²) in [5.41, 5.74) is 2.13. The molecule has 3 amide bonds. The monoisotopic (exact) mass is 407 g/mol. The summed E-state index contributed by atoms with van der Waals surface area (Å²) >= 11 is 11.9. The predicted octanol–water partition coefficient (Wildman–Crippen LogP) is 4.89. The fraction of sp³-hybridized carbons (Fsp3) is 0.300. The molecule has 7 heteroatoms. The Morgan fingerprint density at radius 2 is 1.81 bits per heavy atom. The number of anilines is 1. The number of urea groups is 1. The Kier molecular flexibility index (Phi) is 7.95. The van der Waals surface area contributed by atoms with Crippen LogP contribution in [0.4, 0.5) is 10.5 Å². The second-order valence-corrected chi connectivity index (χ2v) is 7.26.